The number of pyridine rings is 1. The number of rotatable bonds is 4. The van der Waals surface area contributed by atoms with Crippen LogP contribution < -0.4 is 5.73 Å². The first-order valence-corrected chi connectivity index (χ1v) is 5.97. The van der Waals surface area contributed by atoms with Crippen molar-refractivity contribution < 1.29 is 0 Å². The van der Waals surface area contributed by atoms with Crippen molar-refractivity contribution >= 4 is 17.4 Å². The molecule has 0 aliphatic heterocycles. The summed E-state index contributed by atoms with van der Waals surface area (Å²) in [4.78, 5) is 4.32. The first kappa shape index (κ1) is 11.4. The van der Waals surface area contributed by atoms with Gasteiger partial charge in [0.1, 0.15) is 0 Å². The van der Waals surface area contributed by atoms with E-state index in [0.29, 0.717) is 0 Å². The van der Waals surface area contributed by atoms with Crippen molar-refractivity contribution in [1.82, 2.24) is 4.98 Å². The highest BCUT2D eigenvalue weighted by Gasteiger charge is 2.04. The lowest BCUT2D eigenvalue weighted by Crippen LogP contribution is -1.97. The maximum Gasteiger partial charge on any atom is 0.0990 e. The van der Waals surface area contributed by atoms with Gasteiger partial charge in [-0.15, -0.1) is 11.8 Å². The highest BCUT2D eigenvalue weighted by Crippen LogP contribution is 2.23. The third kappa shape index (κ3) is 3.22. The molecule has 1 atom stereocenters. The lowest BCUT2D eigenvalue weighted by Gasteiger charge is -2.09. The summed E-state index contributed by atoms with van der Waals surface area (Å²) in [6.07, 6.45) is 2.95. The normalized spacial score (nSPS) is 12.8. The molecule has 1 unspecified atom stereocenters. The molecule has 0 aliphatic carbocycles. The van der Waals surface area contributed by atoms with E-state index in [0.717, 1.165) is 22.4 Å². The number of nitrogens with two attached hydrogens (primary N) is 1. The van der Waals surface area contributed by atoms with Crippen LogP contribution in [0.4, 0.5) is 5.69 Å². The molecule has 0 saturated carbocycles. The van der Waals surface area contributed by atoms with Gasteiger partial charge in [-0.2, -0.15) is 0 Å². The molecular formula is C11H18N2S. The van der Waals surface area contributed by atoms with Crippen molar-refractivity contribution in [1.29, 1.82) is 0 Å². The standard InChI is InChI=1S/C11H18N2S/c1-4-8(2)7-14-11-9(3)5-10(12)6-13-11/h5-6,8H,4,7,12H2,1-3H3. The second kappa shape index (κ2) is 5.25. The Kier molecular flexibility index (Phi) is 4.26. The van der Waals surface area contributed by atoms with Crippen LogP contribution in [0.5, 0.6) is 0 Å². The van der Waals surface area contributed by atoms with Crippen LogP contribution in [0, 0.1) is 12.8 Å². The van der Waals surface area contributed by atoms with Crippen molar-refractivity contribution in [3.63, 3.8) is 0 Å². The van der Waals surface area contributed by atoms with E-state index in [1.54, 1.807) is 6.20 Å². The van der Waals surface area contributed by atoms with Gasteiger partial charge in [-0.25, -0.2) is 4.98 Å². The summed E-state index contributed by atoms with van der Waals surface area (Å²) in [5.41, 5.74) is 7.56. The number of thioether (sulfide) groups is 1. The molecule has 0 radical (unpaired) electrons. The Hall–Kier alpha value is -0.700. The molecule has 0 bridgehead atoms. The first-order chi connectivity index (χ1) is 6.63. The SMILES string of the molecule is CCC(C)CSc1ncc(N)cc1C. The van der Waals surface area contributed by atoms with E-state index in [4.69, 9.17) is 5.73 Å². The molecule has 1 aromatic heterocycles. The Morgan fingerprint density at radius 3 is 2.86 bits per heavy atom. The Bertz CT molecular complexity index is 299. The molecule has 2 nitrogen and oxygen atoms in total. The number of hydrogen-bond donors (Lipinski definition) is 1. The molecule has 1 rings (SSSR count). The van der Waals surface area contributed by atoms with Gasteiger partial charge in [0.2, 0.25) is 0 Å². The third-order valence-corrected chi connectivity index (χ3v) is 3.69. The molecule has 1 heterocycles. The lowest BCUT2D eigenvalue weighted by molar-refractivity contribution is 0.636. The van der Waals surface area contributed by atoms with Crippen LogP contribution in [0.2, 0.25) is 0 Å². The summed E-state index contributed by atoms with van der Waals surface area (Å²) in [5, 5.41) is 1.11. The zero-order valence-corrected chi connectivity index (χ0v) is 9.90. The maximum absolute atomic E-state index is 5.64. The molecule has 0 aliphatic rings. The molecule has 0 amide bonds. The summed E-state index contributed by atoms with van der Waals surface area (Å²) >= 11 is 1.82. The predicted octanol–water partition coefficient (Wildman–Crippen LogP) is 3.11. The number of anilines is 1. The molecule has 3 heteroatoms. The van der Waals surface area contributed by atoms with Crippen molar-refractivity contribution in [3.8, 4) is 0 Å². The van der Waals surface area contributed by atoms with Gasteiger partial charge in [-0.3, -0.25) is 0 Å². The average Bonchev–Trinajstić information content (AvgIpc) is 2.16. The van der Waals surface area contributed by atoms with Crippen LogP contribution in [0.1, 0.15) is 25.8 Å². The van der Waals surface area contributed by atoms with E-state index in [1.165, 1.54) is 12.0 Å². The van der Waals surface area contributed by atoms with Crippen molar-refractivity contribution in [2.75, 3.05) is 11.5 Å². The topological polar surface area (TPSA) is 38.9 Å². The third-order valence-electron chi connectivity index (χ3n) is 2.25. The van der Waals surface area contributed by atoms with Gasteiger partial charge in [-0.05, 0) is 24.5 Å². The van der Waals surface area contributed by atoms with Crippen LogP contribution >= 0.6 is 11.8 Å². The monoisotopic (exact) mass is 210 g/mol. The minimum Gasteiger partial charge on any atom is -0.397 e. The van der Waals surface area contributed by atoms with E-state index < -0.39 is 0 Å². The molecule has 0 aromatic carbocycles. The summed E-state index contributed by atoms with van der Waals surface area (Å²) in [6, 6.07) is 1.98. The quantitative estimate of drug-likeness (QED) is 0.776. The number of aromatic nitrogens is 1. The van der Waals surface area contributed by atoms with Crippen LogP contribution in [0.25, 0.3) is 0 Å². The smallest absolute Gasteiger partial charge is 0.0990 e. The molecule has 0 fully saturated rings. The molecule has 2 N–H and O–H groups in total. The van der Waals surface area contributed by atoms with E-state index >= 15 is 0 Å². The van der Waals surface area contributed by atoms with Gasteiger partial charge < -0.3 is 5.73 Å². The largest absolute Gasteiger partial charge is 0.397 e. The van der Waals surface area contributed by atoms with Gasteiger partial charge in [-0.1, -0.05) is 20.3 Å². The molecule has 0 spiro atoms. The average molecular weight is 210 g/mol. The van der Waals surface area contributed by atoms with Gasteiger partial charge >= 0.3 is 0 Å². The van der Waals surface area contributed by atoms with Gasteiger partial charge in [0.25, 0.3) is 0 Å². The molecular weight excluding hydrogens is 192 g/mol. The lowest BCUT2D eigenvalue weighted by atomic mass is 10.2. The van der Waals surface area contributed by atoms with E-state index in [9.17, 15) is 0 Å². The van der Waals surface area contributed by atoms with Crippen molar-refractivity contribution in [2.45, 2.75) is 32.2 Å². The fourth-order valence-corrected chi connectivity index (χ4v) is 2.17. The highest BCUT2D eigenvalue weighted by molar-refractivity contribution is 7.99. The number of hydrogen-bond acceptors (Lipinski definition) is 3. The van der Waals surface area contributed by atoms with Gasteiger partial charge in [0.05, 0.1) is 16.9 Å². The summed E-state index contributed by atoms with van der Waals surface area (Å²) in [5.74, 6) is 1.88. The summed E-state index contributed by atoms with van der Waals surface area (Å²) < 4.78 is 0. The maximum atomic E-state index is 5.64. The number of nitrogens with zero attached hydrogens (tertiary/aromatic N) is 1. The van der Waals surface area contributed by atoms with Crippen LogP contribution in [0.3, 0.4) is 0 Å². The van der Waals surface area contributed by atoms with Crippen molar-refractivity contribution in [3.05, 3.63) is 17.8 Å². The second-order valence-electron chi connectivity index (χ2n) is 3.72. The van der Waals surface area contributed by atoms with E-state index in [-0.39, 0.29) is 0 Å². The van der Waals surface area contributed by atoms with E-state index in [2.05, 4.69) is 25.8 Å². The Balaban J connectivity index is 2.59. The molecule has 78 valence electrons. The number of aryl methyl sites for hydroxylation is 1. The van der Waals surface area contributed by atoms with E-state index in [1.807, 2.05) is 17.8 Å². The highest BCUT2D eigenvalue weighted by atomic mass is 32.2. The van der Waals surface area contributed by atoms with Crippen LogP contribution in [-0.4, -0.2) is 10.7 Å². The zero-order chi connectivity index (χ0) is 10.6. The molecule has 0 saturated heterocycles. The Morgan fingerprint density at radius 2 is 2.29 bits per heavy atom. The Labute approximate surface area is 90.3 Å². The molecule has 14 heavy (non-hydrogen) atoms. The first-order valence-electron chi connectivity index (χ1n) is 4.98. The van der Waals surface area contributed by atoms with Gasteiger partial charge in [0.15, 0.2) is 0 Å². The predicted molar refractivity (Wildman–Crippen MR) is 63.6 cm³/mol. The number of nitrogen functional groups attached to an aromatic ring is 1. The van der Waals surface area contributed by atoms with Crippen molar-refractivity contribution in [2.24, 2.45) is 5.92 Å². The fourth-order valence-electron chi connectivity index (χ4n) is 1.07. The second-order valence-corrected chi connectivity index (χ2v) is 4.72. The summed E-state index contributed by atoms with van der Waals surface area (Å²) in [7, 11) is 0. The zero-order valence-electron chi connectivity index (χ0n) is 9.08. The van der Waals surface area contributed by atoms with Crippen LogP contribution in [0.15, 0.2) is 17.3 Å². The summed E-state index contributed by atoms with van der Waals surface area (Å²) in [6.45, 7) is 6.54. The minimum atomic E-state index is 0.746. The molecule has 1 aromatic rings. The Morgan fingerprint density at radius 1 is 1.57 bits per heavy atom. The van der Waals surface area contributed by atoms with Crippen LogP contribution in [-0.2, 0) is 0 Å². The minimum absolute atomic E-state index is 0.746. The van der Waals surface area contributed by atoms with Gasteiger partial charge in [0, 0.05) is 5.75 Å². The fraction of sp³-hybridized carbons (Fsp3) is 0.545.